The lowest BCUT2D eigenvalue weighted by molar-refractivity contribution is -0.141. The van der Waals surface area contributed by atoms with Crippen LogP contribution < -0.4 is 10.6 Å². The van der Waals surface area contributed by atoms with Crippen LogP contribution in [-0.2, 0) is 9.53 Å². The predicted molar refractivity (Wildman–Crippen MR) is 66.4 cm³/mol. The fourth-order valence-electron chi connectivity index (χ4n) is 2.21. The zero-order valence-electron chi connectivity index (χ0n) is 10.9. The number of rotatable bonds is 6. The van der Waals surface area contributed by atoms with Gasteiger partial charge in [-0.2, -0.15) is 0 Å². The van der Waals surface area contributed by atoms with Gasteiger partial charge in [-0.05, 0) is 25.7 Å². The van der Waals surface area contributed by atoms with E-state index in [1.165, 1.54) is 0 Å². The molecule has 1 rings (SSSR count). The van der Waals surface area contributed by atoms with E-state index in [1.54, 1.807) is 14.0 Å². The number of carboxylic acid groups (broad SMARTS) is 1. The molecule has 3 N–H and O–H groups in total. The Bertz CT molecular complexity index is 296. The lowest BCUT2D eigenvalue weighted by atomic mass is 10.1. The molecule has 1 aliphatic carbocycles. The van der Waals surface area contributed by atoms with Gasteiger partial charge in [0, 0.05) is 13.7 Å². The van der Waals surface area contributed by atoms with E-state index in [2.05, 4.69) is 10.6 Å². The van der Waals surface area contributed by atoms with Gasteiger partial charge in [-0.3, -0.25) is 4.79 Å². The minimum atomic E-state index is -0.881. The predicted octanol–water partition coefficient (Wildman–Crippen LogP) is 0.964. The Morgan fingerprint density at radius 2 is 2.17 bits per heavy atom. The van der Waals surface area contributed by atoms with Crippen LogP contribution in [0.1, 0.15) is 32.6 Å². The van der Waals surface area contributed by atoms with Crippen molar-refractivity contribution in [2.45, 2.75) is 44.8 Å². The van der Waals surface area contributed by atoms with Crippen LogP contribution in [0.2, 0.25) is 0 Å². The summed E-state index contributed by atoms with van der Waals surface area (Å²) in [4.78, 5) is 22.4. The second kappa shape index (κ2) is 7.20. The van der Waals surface area contributed by atoms with Crippen LogP contribution in [0.15, 0.2) is 0 Å². The van der Waals surface area contributed by atoms with E-state index in [9.17, 15) is 9.59 Å². The van der Waals surface area contributed by atoms with Crippen LogP contribution in [0.5, 0.6) is 0 Å². The number of ether oxygens (including phenoxy) is 1. The molecule has 3 unspecified atom stereocenters. The van der Waals surface area contributed by atoms with E-state index < -0.39 is 11.9 Å². The summed E-state index contributed by atoms with van der Waals surface area (Å²) in [6, 6.07) is -0.288. The van der Waals surface area contributed by atoms with Gasteiger partial charge in [0.15, 0.2) is 0 Å². The summed E-state index contributed by atoms with van der Waals surface area (Å²) < 4.78 is 5.27. The van der Waals surface area contributed by atoms with E-state index >= 15 is 0 Å². The third-order valence-electron chi connectivity index (χ3n) is 3.42. The quantitative estimate of drug-likeness (QED) is 0.662. The molecule has 0 bridgehead atoms. The Morgan fingerprint density at radius 3 is 2.72 bits per heavy atom. The molecule has 0 aromatic rings. The molecule has 2 amide bonds. The molecule has 1 saturated carbocycles. The molecule has 0 spiro atoms. The fourth-order valence-corrected chi connectivity index (χ4v) is 2.21. The number of urea groups is 1. The van der Waals surface area contributed by atoms with Gasteiger partial charge in [0.05, 0.1) is 18.1 Å². The van der Waals surface area contributed by atoms with Gasteiger partial charge in [-0.1, -0.05) is 6.92 Å². The zero-order chi connectivity index (χ0) is 13.5. The van der Waals surface area contributed by atoms with Crippen molar-refractivity contribution in [3.63, 3.8) is 0 Å². The Kier molecular flexibility index (Phi) is 5.91. The number of amides is 2. The molecule has 3 atom stereocenters. The number of carboxylic acids is 1. The van der Waals surface area contributed by atoms with Gasteiger partial charge >= 0.3 is 12.0 Å². The van der Waals surface area contributed by atoms with Gasteiger partial charge < -0.3 is 20.5 Å². The normalized spacial score (nSPS) is 24.6. The Morgan fingerprint density at radius 1 is 1.44 bits per heavy atom. The molecule has 0 heterocycles. The highest BCUT2D eigenvalue weighted by Gasteiger charge is 2.28. The second-order valence-electron chi connectivity index (χ2n) is 4.61. The molecule has 0 saturated heterocycles. The number of carbonyl (C=O) groups is 2. The van der Waals surface area contributed by atoms with E-state index in [-0.39, 0.29) is 24.7 Å². The van der Waals surface area contributed by atoms with Crippen LogP contribution in [0.4, 0.5) is 4.79 Å². The van der Waals surface area contributed by atoms with Gasteiger partial charge in [-0.25, -0.2) is 4.79 Å². The van der Waals surface area contributed by atoms with Crippen molar-refractivity contribution in [3.8, 4) is 0 Å². The SMILES string of the molecule is CCC(CNC(=O)NC1CCCC1OC)C(=O)O. The first-order valence-corrected chi connectivity index (χ1v) is 6.38. The van der Waals surface area contributed by atoms with Crippen molar-refractivity contribution in [1.29, 1.82) is 0 Å². The summed E-state index contributed by atoms with van der Waals surface area (Å²) in [5.74, 6) is -1.41. The van der Waals surface area contributed by atoms with Crippen LogP contribution >= 0.6 is 0 Å². The van der Waals surface area contributed by atoms with Gasteiger partial charge in [0.25, 0.3) is 0 Å². The second-order valence-corrected chi connectivity index (χ2v) is 4.61. The lowest BCUT2D eigenvalue weighted by Gasteiger charge is -2.20. The molecule has 0 aromatic carbocycles. The molecular weight excluding hydrogens is 236 g/mol. The average Bonchev–Trinajstić information content (AvgIpc) is 2.76. The maximum Gasteiger partial charge on any atom is 0.315 e. The summed E-state index contributed by atoms with van der Waals surface area (Å²) in [5, 5.41) is 14.3. The monoisotopic (exact) mass is 258 g/mol. The number of hydrogen-bond acceptors (Lipinski definition) is 3. The molecule has 0 aromatic heterocycles. The van der Waals surface area contributed by atoms with Crippen molar-refractivity contribution in [3.05, 3.63) is 0 Å². The van der Waals surface area contributed by atoms with Crippen LogP contribution in [0.25, 0.3) is 0 Å². The highest BCUT2D eigenvalue weighted by atomic mass is 16.5. The third-order valence-corrected chi connectivity index (χ3v) is 3.42. The summed E-state index contributed by atoms with van der Waals surface area (Å²) in [6.07, 6.45) is 3.46. The van der Waals surface area contributed by atoms with E-state index in [0.29, 0.717) is 6.42 Å². The largest absolute Gasteiger partial charge is 0.481 e. The molecular formula is C12H22N2O4. The summed E-state index contributed by atoms with van der Waals surface area (Å²) in [5.41, 5.74) is 0. The molecule has 0 aliphatic heterocycles. The number of methoxy groups -OCH3 is 1. The summed E-state index contributed by atoms with van der Waals surface area (Å²) in [7, 11) is 1.64. The van der Waals surface area contributed by atoms with Gasteiger partial charge in [0.1, 0.15) is 0 Å². The van der Waals surface area contributed by atoms with Crippen LogP contribution in [0, 0.1) is 5.92 Å². The molecule has 18 heavy (non-hydrogen) atoms. The number of carbonyl (C=O) groups excluding carboxylic acids is 1. The molecule has 0 radical (unpaired) electrons. The summed E-state index contributed by atoms with van der Waals surface area (Å²) in [6.45, 7) is 1.94. The first-order chi connectivity index (χ1) is 8.58. The van der Waals surface area contributed by atoms with E-state index in [0.717, 1.165) is 19.3 Å². The summed E-state index contributed by atoms with van der Waals surface area (Å²) >= 11 is 0. The smallest absolute Gasteiger partial charge is 0.315 e. The zero-order valence-corrected chi connectivity index (χ0v) is 10.9. The molecule has 1 aliphatic rings. The maximum atomic E-state index is 11.6. The molecule has 6 nitrogen and oxygen atoms in total. The van der Waals surface area contributed by atoms with E-state index in [4.69, 9.17) is 9.84 Å². The molecule has 6 heteroatoms. The van der Waals surface area contributed by atoms with Crippen LogP contribution in [-0.4, -0.2) is 42.9 Å². The number of nitrogens with one attached hydrogen (secondary N) is 2. The first-order valence-electron chi connectivity index (χ1n) is 6.38. The Labute approximate surface area is 107 Å². The van der Waals surface area contributed by atoms with Gasteiger partial charge in [0.2, 0.25) is 0 Å². The highest BCUT2D eigenvalue weighted by molar-refractivity contribution is 5.76. The van der Waals surface area contributed by atoms with Gasteiger partial charge in [-0.15, -0.1) is 0 Å². The third kappa shape index (κ3) is 4.18. The fraction of sp³-hybridized carbons (Fsp3) is 0.833. The van der Waals surface area contributed by atoms with E-state index in [1.807, 2.05) is 0 Å². The molecule has 1 fully saturated rings. The van der Waals surface area contributed by atoms with Crippen molar-refractivity contribution in [2.24, 2.45) is 5.92 Å². The number of aliphatic carboxylic acids is 1. The Balaban J connectivity index is 2.31. The molecule has 104 valence electrons. The minimum absolute atomic E-state index is 0.0277. The lowest BCUT2D eigenvalue weighted by Crippen LogP contribution is -2.47. The maximum absolute atomic E-state index is 11.6. The van der Waals surface area contributed by atoms with Crippen molar-refractivity contribution in [1.82, 2.24) is 10.6 Å². The first kappa shape index (κ1) is 14.8. The Hall–Kier alpha value is -1.30. The topological polar surface area (TPSA) is 87.7 Å². The van der Waals surface area contributed by atoms with Crippen molar-refractivity contribution >= 4 is 12.0 Å². The van der Waals surface area contributed by atoms with Crippen molar-refractivity contribution < 1.29 is 19.4 Å². The number of hydrogen-bond donors (Lipinski definition) is 3. The average molecular weight is 258 g/mol. The highest BCUT2D eigenvalue weighted by Crippen LogP contribution is 2.21. The standard InChI is InChI=1S/C12H22N2O4/c1-3-8(11(15)16)7-13-12(17)14-9-5-4-6-10(9)18-2/h8-10H,3-7H2,1-2H3,(H,15,16)(H2,13,14,17). The van der Waals surface area contributed by atoms with Crippen LogP contribution in [0.3, 0.4) is 0 Å². The minimum Gasteiger partial charge on any atom is -0.481 e. The van der Waals surface area contributed by atoms with Crippen molar-refractivity contribution in [2.75, 3.05) is 13.7 Å².